The number of hydrogen-bond acceptors (Lipinski definition) is 15. The molecule has 8 atom stereocenters. The summed E-state index contributed by atoms with van der Waals surface area (Å²) in [6, 6.07) is -5.42. The van der Waals surface area contributed by atoms with Crippen molar-refractivity contribution in [3.8, 4) is 5.75 Å². The van der Waals surface area contributed by atoms with Gasteiger partial charge in [-0.15, -0.1) is 0 Å². The van der Waals surface area contributed by atoms with Crippen LogP contribution in [0.15, 0.2) is 24.3 Å². The van der Waals surface area contributed by atoms with Crippen molar-refractivity contribution in [2.45, 2.75) is 108 Å². The summed E-state index contributed by atoms with van der Waals surface area (Å²) in [7, 11) is 0. The van der Waals surface area contributed by atoms with Crippen molar-refractivity contribution < 1.29 is 73.5 Å². The maximum atomic E-state index is 13.5. The number of rotatable bonds is 28. The number of phenolic OH excluding ortho intramolecular Hbond substituents is 1. The zero-order chi connectivity index (χ0) is 47.3. The van der Waals surface area contributed by atoms with Crippen LogP contribution in [0.1, 0.15) is 58.4 Å². The number of carboxylic acid groups (broad SMARTS) is 1. The number of benzene rings is 1. The Labute approximate surface area is 355 Å². The first-order chi connectivity index (χ1) is 29.0. The Morgan fingerprint density at radius 3 is 1.58 bits per heavy atom. The van der Waals surface area contributed by atoms with Gasteiger partial charge in [-0.1, -0.05) is 26.0 Å². The Hall–Kier alpha value is -6.44. The first-order valence-corrected chi connectivity index (χ1v) is 19.3. The zero-order valence-corrected chi connectivity index (χ0v) is 34.4. The predicted octanol–water partition coefficient (Wildman–Crippen LogP) is -6.69. The number of aliphatic hydroxyl groups is 3. The maximum Gasteiger partial charge on any atom is 0.328 e. The van der Waals surface area contributed by atoms with Crippen LogP contribution < -0.4 is 54.4 Å². The van der Waals surface area contributed by atoms with Gasteiger partial charge in [0, 0.05) is 19.3 Å². The van der Waals surface area contributed by atoms with Crippen LogP contribution in [-0.4, -0.2) is 153 Å². The van der Waals surface area contributed by atoms with Gasteiger partial charge < -0.3 is 80.0 Å². The topological polar surface area (TPSA) is 434 Å². The standard InChI is InChI=1S/C37H58N10O15/c1-17(2)12-23(34(58)47-30(18(3)50)37(61)62)44-36(60)26(16-49)46-35(59)25(15-48)42-29(54)14-41-32(56)24(13-19-4-6-20(51)7-5-19)45-33(57)22(9-11-28(40)53)43-31(55)21(38)8-10-27(39)52/h4-7,17-18,21-26,30,48-51H,8-16,38H2,1-3H3,(H2,39,52)(H2,40,53)(H,41,56)(H,42,54)(H,43,55)(H,44,60)(H,45,57)(H,46,59)(H,47,58)(H,61,62)/t18-,21+,22+,23+,24+,25+,26+,30+/m1/s1. The van der Waals surface area contributed by atoms with Gasteiger partial charge in [-0.05, 0) is 49.8 Å². The van der Waals surface area contributed by atoms with Crippen LogP contribution in [0.25, 0.3) is 0 Å². The van der Waals surface area contributed by atoms with Gasteiger partial charge in [-0.25, -0.2) is 4.79 Å². The van der Waals surface area contributed by atoms with E-state index in [4.69, 9.17) is 17.2 Å². The van der Waals surface area contributed by atoms with E-state index in [1.165, 1.54) is 24.3 Å². The summed E-state index contributed by atoms with van der Waals surface area (Å²) in [6.07, 6.45) is -2.92. The molecular formula is C37H58N10O15. The summed E-state index contributed by atoms with van der Waals surface area (Å²) in [6.45, 7) is 1.55. The minimum atomic E-state index is -1.77. The highest BCUT2D eigenvalue weighted by atomic mass is 16.4. The Kier molecular flexibility index (Phi) is 23.1. The fraction of sp³-hybridized carbons (Fsp3) is 0.568. The van der Waals surface area contributed by atoms with Gasteiger partial charge in [0.15, 0.2) is 6.04 Å². The first kappa shape index (κ1) is 53.6. The van der Waals surface area contributed by atoms with E-state index in [0.717, 1.165) is 6.92 Å². The maximum absolute atomic E-state index is 13.5. The number of aromatic hydroxyl groups is 1. The summed E-state index contributed by atoms with van der Waals surface area (Å²) in [5.41, 5.74) is 16.5. The van der Waals surface area contributed by atoms with Gasteiger partial charge in [0.1, 0.15) is 36.0 Å². The Bertz CT molecular complexity index is 1740. The first-order valence-electron chi connectivity index (χ1n) is 19.3. The third-order valence-electron chi connectivity index (χ3n) is 8.82. The number of aliphatic carboxylic acids is 1. The molecule has 1 aromatic carbocycles. The van der Waals surface area contributed by atoms with Crippen molar-refractivity contribution in [3.63, 3.8) is 0 Å². The normalized spacial score (nSPS) is 14.8. The van der Waals surface area contributed by atoms with E-state index in [-0.39, 0.29) is 50.2 Å². The van der Waals surface area contributed by atoms with Gasteiger partial charge in [0.05, 0.1) is 31.9 Å². The fourth-order valence-electron chi connectivity index (χ4n) is 5.43. The van der Waals surface area contributed by atoms with Crippen LogP contribution in [0.4, 0.5) is 0 Å². The number of hydrogen-bond donors (Lipinski definition) is 15. The molecule has 0 radical (unpaired) electrons. The molecule has 0 spiro atoms. The largest absolute Gasteiger partial charge is 0.508 e. The van der Waals surface area contributed by atoms with Crippen molar-refractivity contribution in [3.05, 3.63) is 29.8 Å². The average Bonchev–Trinajstić information content (AvgIpc) is 3.19. The van der Waals surface area contributed by atoms with Crippen molar-refractivity contribution >= 4 is 59.1 Å². The lowest BCUT2D eigenvalue weighted by atomic mass is 10.0. The minimum absolute atomic E-state index is 0.0306. The number of aliphatic hydroxyl groups excluding tert-OH is 3. The number of carboxylic acids is 1. The highest BCUT2D eigenvalue weighted by Gasteiger charge is 2.33. The molecule has 1 rings (SSSR count). The van der Waals surface area contributed by atoms with E-state index < -0.39 is 127 Å². The van der Waals surface area contributed by atoms with Crippen LogP contribution >= 0.6 is 0 Å². The SMILES string of the molecule is CC(C)C[C@H](NC(=O)[C@H](CO)NC(=O)[C@H](CO)NC(=O)CNC(=O)[C@H](Cc1ccc(O)cc1)NC(=O)[C@H](CCC(N)=O)NC(=O)[C@@H](N)CCC(N)=O)C(=O)N[C@H](C(=O)O)[C@@H](C)O. The number of nitrogens with one attached hydrogen (secondary N) is 7. The van der Waals surface area contributed by atoms with E-state index in [2.05, 4.69) is 37.2 Å². The number of nitrogens with two attached hydrogens (primary N) is 3. The molecule has 0 unspecified atom stereocenters. The van der Waals surface area contributed by atoms with Gasteiger partial charge in [0.25, 0.3) is 0 Å². The monoisotopic (exact) mass is 882 g/mol. The molecule has 9 amide bonds. The highest BCUT2D eigenvalue weighted by Crippen LogP contribution is 2.12. The molecule has 0 aliphatic heterocycles. The number of phenols is 1. The molecule has 0 saturated carbocycles. The highest BCUT2D eigenvalue weighted by molar-refractivity contribution is 5.97. The summed E-state index contributed by atoms with van der Waals surface area (Å²) in [5.74, 6) is -10.7. The predicted molar refractivity (Wildman–Crippen MR) is 214 cm³/mol. The summed E-state index contributed by atoms with van der Waals surface area (Å²) < 4.78 is 0. The molecule has 25 nitrogen and oxygen atoms in total. The molecule has 1 aromatic rings. The molecule has 0 fully saturated rings. The van der Waals surface area contributed by atoms with Crippen molar-refractivity contribution in [2.75, 3.05) is 19.8 Å². The number of amides is 9. The van der Waals surface area contributed by atoms with Crippen LogP contribution in [0, 0.1) is 5.92 Å². The van der Waals surface area contributed by atoms with Crippen molar-refractivity contribution in [1.29, 1.82) is 0 Å². The van der Waals surface area contributed by atoms with Gasteiger partial charge >= 0.3 is 5.97 Å². The molecule has 25 heteroatoms. The van der Waals surface area contributed by atoms with E-state index in [9.17, 15) is 73.5 Å². The molecular weight excluding hydrogens is 824 g/mol. The van der Waals surface area contributed by atoms with Gasteiger partial charge in [0.2, 0.25) is 53.2 Å². The Morgan fingerprint density at radius 2 is 1.08 bits per heavy atom. The minimum Gasteiger partial charge on any atom is -0.508 e. The molecule has 0 aliphatic rings. The summed E-state index contributed by atoms with van der Waals surface area (Å²) in [5, 5.41) is 64.2. The molecule has 18 N–H and O–H groups in total. The van der Waals surface area contributed by atoms with Crippen molar-refractivity contribution in [2.24, 2.45) is 23.1 Å². The lowest BCUT2D eigenvalue weighted by Gasteiger charge is -2.26. The van der Waals surface area contributed by atoms with E-state index in [1.54, 1.807) is 13.8 Å². The van der Waals surface area contributed by atoms with Gasteiger partial charge in [-0.3, -0.25) is 43.2 Å². The Balaban J connectivity index is 3.11. The molecule has 0 aromatic heterocycles. The smallest absolute Gasteiger partial charge is 0.328 e. The van der Waals surface area contributed by atoms with Crippen LogP contribution in [-0.2, 0) is 54.4 Å². The lowest BCUT2D eigenvalue weighted by molar-refractivity contribution is -0.145. The average molecular weight is 883 g/mol. The quantitative estimate of drug-likeness (QED) is 0.0372. The molecule has 62 heavy (non-hydrogen) atoms. The molecule has 0 heterocycles. The second kappa shape index (κ2) is 26.7. The Morgan fingerprint density at radius 1 is 0.613 bits per heavy atom. The second-order valence-electron chi connectivity index (χ2n) is 14.6. The number of carbonyl (C=O) groups is 10. The molecule has 0 saturated heterocycles. The van der Waals surface area contributed by atoms with Crippen LogP contribution in [0.3, 0.4) is 0 Å². The van der Waals surface area contributed by atoms with E-state index >= 15 is 0 Å². The van der Waals surface area contributed by atoms with Crippen LogP contribution in [0.5, 0.6) is 5.75 Å². The van der Waals surface area contributed by atoms with Gasteiger partial charge in [-0.2, -0.15) is 0 Å². The van der Waals surface area contributed by atoms with E-state index in [1.807, 2.05) is 0 Å². The lowest BCUT2D eigenvalue weighted by Crippen LogP contribution is -2.60. The second-order valence-corrected chi connectivity index (χ2v) is 14.6. The van der Waals surface area contributed by atoms with Crippen LogP contribution in [0.2, 0.25) is 0 Å². The fourth-order valence-corrected chi connectivity index (χ4v) is 5.43. The third-order valence-corrected chi connectivity index (χ3v) is 8.82. The number of carbonyl (C=O) groups excluding carboxylic acids is 9. The summed E-state index contributed by atoms with van der Waals surface area (Å²) in [4.78, 5) is 126. The molecule has 0 bridgehead atoms. The van der Waals surface area contributed by atoms with Crippen molar-refractivity contribution in [1.82, 2.24) is 37.2 Å². The van der Waals surface area contributed by atoms with E-state index in [0.29, 0.717) is 5.56 Å². The zero-order valence-electron chi connectivity index (χ0n) is 34.4. The number of primary amides is 2. The molecule has 0 aliphatic carbocycles. The summed E-state index contributed by atoms with van der Waals surface area (Å²) >= 11 is 0. The molecule has 346 valence electrons. The third kappa shape index (κ3) is 19.7.